The molecule has 0 aromatic heterocycles. The monoisotopic (exact) mass is 246 g/mol. The summed E-state index contributed by atoms with van der Waals surface area (Å²) in [6.45, 7) is 4.58. The van der Waals surface area contributed by atoms with Crippen molar-refractivity contribution in [1.29, 1.82) is 0 Å². The van der Waals surface area contributed by atoms with Gasteiger partial charge in [0.15, 0.2) is 0 Å². The number of benzene rings is 1. The van der Waals surface area contributed by atoms with Gasteiger partial charge in [-0.2, -0.15) is 0 Å². The van der Waals surface area contributed by atoms with Crippen LogP contribution in [0, 0.1) is 5.92 Å². The Hall–Kier alpha value is -0.860. The molecule has 1 saturated carbocycles. The van der Waals surface area contributed by atoms with Crippen LogP contribution in [0.3, 0.4) is 0 Å². The topological polar surface area (TPSA) is 38.0 Å². The lowest BCUT2D eigenvalue weighted by atomic mass is 9.83. The fourth-order valence-corrected chi connectivity index (χ4v) is 2.98. The Kier molecular flexibility index (Phi) is 4.79. The van der Waals surface area contributed by atoms with E-state index in [-0.39, 0.29) is 0 Å². The van der Waals surface area contributed by atoms with Crippen LogP contribution in [0.15, 0.2) is 30.3 Å². The molecule has 0 aliphatic heterocycles. The van der Waals surface area contributed by atoms with Crippen LogP contribution in [0.4, 0.5) is 0 Å². The summed E-state index contributed by atoms with van der Waals surface area (Å²) in [5, 5.41) is 3.82. The second-order valence-electron chi connectivity index (χ2n) is 5.56. The summed E-state index contributed by atoms with van der Waals surface area (Å²) in [6, 6.07) is 12.4. The van der Waals surface area contributed by atoms with Crippen LogP contribution in [-0.2, 0) is 0 Å². The highest BCUT2D eigenvalue weighted by Crippen LogP contribution is 2.30. The molecule has 1 aromatic rings. The molecule has 0 amide bonds. The Labute approximate surface area is 111 Å². The normalized spacial score (nSPS) is 24.9. The molecule has 1 unspecified atom stereocenters. The number of rotatable bonds is 6. The minimum atomic E-state index is 0.417. The third-order valence-corrected chi connectivity index (χ3v) is 4.27. The molecule has 1 atom stereocenters. The van der Waals surface area contributed by atoms with Crippen LogP contribution in [0.2, 0.25) is 0 Å². The van der Waals surface area contributed by atoms with E-state index in [4.69, 9.17) is 5.73 Å². The van der Waals surface area contributed by atoms with E-state index in [0.717, 1.165) is 12.8 Å². The second-order valence-corrected chi connectivity index (χ2v) is 5.56. The van der Waals surface area contributed by atoms with E-state index in [1.165, 1.54) is 18.4 Å². The molecule has 1 aromatic carbocycles. The van der Waals surface area contributed by atoms with E-state index in [2.05, 4.69) is 49.5 Å². The molecule has 2 rings (SSSR count). The van der Waals surface area contributed by atoms with Crippen LogP contribution >= 0.6 is 0 Å². The van der Waals surface area contributed by atoms with Crippen LogP contribution in [-0.4, -0.2) is 12.1 Å². The largest absolute Gasteiger partial charge is 0.328 e. The summed E-state index contributed by atoms with van der Waals surface area (Å²) in [5.41, 5.74) is 7.31. The SMILES string of the molecule is CCC(CC)C(NC1CC(N)C1)c1ccccc1. The van der Waals surface area contributed by atoms with Crippen LogP contribution in [0.5, 0.6) is 0 Å². The summed E-state index contributed by atoms with van der Waals surface area (Å²) in [7, 11) is 0. The fourth-order valence-electron chi connectivity index (χ4n) is 2.98. The number of nitrogens with two attached hydrogens (primary N) is 1. The molecule has 2 heteroatoms. The lowest BCUT2D eigenvalue weighted by Gasteiger charge is -2.39. The Morgan fingerprint density at radius 2 is 1.78 bits per heavy atom. The van der Waals surface area contributed by atoms with Gasteiger partial charge >= 0.3 is 0 Å². The van der Waals surface area contributed by atoms with E-state index in [9.17, 15) is 0 Å². The quantitative estimate of drug-likeness (QED) is 0.808. The van der Waals surface area contributed by atoms with Crippen molar-refractivity contribution >= 4 is 0 Å². The average molecular weight is 246 g/mol. The first-order chi connectivity index (χ1) is 8.74. The van der Waals surface area contributed by atoms with Crippen LogP contribution < -0.4 is 11.1 Å². The molecule has 1 aliphatic rings. The second kappa shape index (κ2) is 6.35. The van der Waals surface area contributed by atoms with E-state index in [0.29, 0.717) is 24.0 Å². The Morgan fingerprint density at radius 1 is 1.17 bits per heavy atom. The minimum Gasteiger partial charge on any atom is -0.328 e. The summed E-state index contributed by atoms with van der Waals surface area (Å²) in [6.07, 6.45) is 4.70. The van der Waals surface area contributed by atoms with Crippen molar-refractivity contribution in [1.82, 2.24) is 5.32 Å². The zero-order valence-electron chi connectivity index (χ0n) is 11.6. The average Bonchev–Trinajstić information content (AvgIpc) is 2.37. The molecule has 100 valence electrons. The first kappa shape index (κ1) is 13.6. The van der Waals surface area contributed by atoms with Crippen LogP contribution in [0.1, 0.15) is 51.1 Å². The molecular formula is C16H26N2. The molecule has 0 heterocycles. The molecule has 3 N–H and O–H groups in total. The highest BCUT2D eigenvalue weighted by atomic mass is 15.0. The third kappa shape index (κ3) is 3.12. The first-order valence-corrected chi connectivity index (χ1v) is 7.31. The molecule has 1 aliphatic carbocycles. The molecular weight excluding hydrogens is 220 g/mol. The Bertz CT molecular complexity index is 339. The molecule has 0 radical (unpaired) electrons. The summed E-state index contributed by atoms with van der Waals surface area (Å²) in [4.78, 5) is 0. The van der Waals surface area contributed by atoms with Gasteiger partial charge in [-0.25, -0.2) is 0 Å². The van der Waals surface area contributed by atoms with Gasteiger partial charge in [-0.15, -0.1) is 0 Å². The van der Waals surface area contributed by atoms with E-state index >= 15 is 0 Å². The van der Waals surface area contributed by atoms with Crippen molar-refractivity contribution in [2.75, 3.05) is 0 Å². The maximum Gasteiger partial charge on any atom is 0.0350 e. The molecule has 0 bridgehead atoms. The lowest BCUT2D eigenvalue weighted by molar-refractivity contribution is 0.226. The maximum absolute atomic E-state index is 5.88. The Balaban J connectivity index is 2.07. The van der Waals surface area contributed by atoms with E-state index < -0.39 is 0 Å². The third-order valence-electron chi connectivity index (χ3n) is 4.27. The zero-order valence-corrected chi connectivity index (χ0v) is 11.6. The Morgan fingerprint density at radius 3 is 2.28 bits per heavy atom. The highest BCUT2D eigenvalue weighted by Gasteiger charge is 2.30. The standard InChI is InChI=1S/C16H26N2/c1-3-12(4-2)16(13-8-6-5-7-9-13)18-15-10-14(17)11-15/h5-9,12,14-16,18H,3-4,10-11,17H2,1-2H3. The predicted molar refractivity (Wildman–Crippen MR) is 77.4 cm³/mol. The molecule has 18 heavy (non-hydrogen) atoms. The predicted octanol–water partition coefficient (Wildman–Crippen LogP) is 3.24. The van der Waals surface area contributed by atoms with Gasteiger partial charge in [0.2, 0.25) is 0 Å². The smallest absolute Gasteiger partial charge is 0.0350 e. The first-order valence-electron chi connectivity index (χ1n) is 7.31. The van der Waals surface area contributed by atoms with Crippen molar-refractivity contribution in [3.63, 3.8) is 0 Å². The number of hydrogen-bond acceptors (Lipinski definition) is 2. The fraction of sp³-hybridized carbons (Fsp3) is 0.625. The molecule has 0 spiro atoms. The van der Waals surface area contributed by atoms with Gasteiger partial charge in [0.25, 0.3) is 0 Å². The lowest BCUT2D eigenvalue weighted by Crippen LogP contribution is -2.50. The van der Waals surface area contributed by atoms with Crippen LogP contribution in [0.25, 0.3) is 0 Å². The van der Waals surface area contributed by atoms with Gasteiger partial charge in [0.05, 0.1) is 0 Å². The van der Waals surface area contributed by atoms with Gasteiger partial charge in [0, 0.05) is 18.1 Å². The van der Waals surface area contributed by atoms with Crippen molar-refractivity contribution in [3.05, 3.63) is 35.9 Å². The van der Waals surface area contributed by atoms with Gasteiger partial charge in [-0.1, -0.05) is 57.0 Å². The maximum atomic E-state index is 5.88. The molecule has 1 fully saturated rings. The molecule has 0 saturated heterocycles. The van der Waals surface area contributed by atoms with Gasteiger partial charge in [-0.3, -0.25) is 0 Å². The van der Waals surface area contributed by atoms with E-state index in [1.807, 2.05) is 0 Å². The molecule has 2 nitrogen and oxygen atoms in total. The van der Waals surface area contributed by atoms with Crippen molar-refractivity contribution in [2.45, 2.75) is 57.7 Å². The van der Waals surface area contributed by atoms with Gasteiger partial charge < -0.3 is 11.1 Å². The van der Waals surface area contributed by atoms with Gasteiger partial charge in [0.1, 0.15) is 0 Å². The minimum absolute atomic E-state index is 0.417. The van der Waals surface area contributed by atoms with Gasteiger partial charge in [-0.05, 0) is 24.3 Å². The number of hydrogen-bond donors (Lipinski definition) is 2. The van der Waals surface area contributed by atoms with E-state index in [1.54, 1.807) is 0 Å². The summed E-state index contributed by atoms with van der Waals surface area (Å²) in [5.74, 6) is 0.712. The van der Waals surface area contributed by atoms with Crippen molar-refractivity contribution in [2.24, 2.45) is 11.7 Å². The highest BCUT2D eigenvalue weighted by molar-refractivity contribution is 5.20. The number of nitrogens with one attached hydrogen (secondary N) is 1. The van der Waals surface area contributed by atoms with Crippen molar-refractivity contribution < 1.29 is 0 Å². The van der Waals surface area contributed by atoms with Crippen molar-refractivity contribution in [3.8, 4) is 0 Å². The zero-order chi connectivity index (χ0) is 13.0. The summed E-state index contributed by atoms with van der Waals surface area (Å²) >= 11 is 0. The summed E-state index contributed by atoms with van der Waals surface area (Å²) < 4.78 is 0.